The van der Waals surface area contributed by atoms with E-state index in [4.69, 9.17) is 9.47 Å². The topological polar surface area (TPSA) is 50.7 Å². The summed E-state index contributed by atoms with van der Waals surface area (Å²) in [4.78, 5) is 0. The van der Waals surface area contributed by atoms with Gasteiger partial charge in [0.25, 0.3) is 0 Å². The standard InChI is InChI=1S/C13H29NO3/c1-3-5-6-7-8-14-11-13(15)12-17-10-9-16-4-2/h13-15H,3-12H2,1-2H3/t13-/m0/s1. The zero-order chi connectivity index (χ0) is 12.8. The number of ether oxygens (including phenoxy) is 2. The monoisotopic (exact) mass is 247 g/mol. The average molecular weight is 247 g/mol. The highest BCUT2D eigenvalue weighted by molar-refractivity contribution is 4.58. The van der Waals surface area contributed by atoms with Crippen molar-refractivity contribution < 1.29 is 14.6 Å². The van der Waals surface area contributed by atoms with Gasteiger partial charge >= 0.3 is 0 Å². The summed E-state index contributed by atoms with van der Waals surface area (Å²) < 4.78 is 10.4. The van der Waals surface area contributed by atoms with Crippen molar-refractivity contribution in [3.8, 4) is 0 Å². The number of unbranched alkanes of at least 4 members (excludes halogenated alkanes) is 3. The van der Waals surface area contributed by atoms with E-state index >= 15 is 0 Å². The van der Waals surface area contributed by atoms with Crippen LogP contribution in [0.4, 0.5) is 0 Å². The lowest BCUT2D eigenvalue weighted by Crippen LogP contribution is -2.31. The SMILES string of the molecule is CCCCCCNC[C@H](O)COCCOCC. The maximum atomic E-state index is 9.58. The van der Waals surface area contributed by atoms with Gasteiger partial charge in [-0.1, -0.05) is 26.2 Å². The molecule has 104 valence electrons. The fraction of sp³-hybridized carbons (Fsp3) is 1.00. The molecule has 0 aromatic carbocycles. The van der Waals surface area contributed by atoms with Crippen molar-refractivity contribution in [3.05, 3.63) is 0 Å². The van der Waals surface area contributed by atoms with Crippen molar-refractivity contribution in [2.75, 3.05) is 39.5 Å². The van der Waals surface area contributed by atoms with Gasteiger partial charge in [0.2, 0.25) is 0 Å². The molecule has 4 heteroatoms. The van der Waals surface area contributed by atoms with Crippen LogP contribution in [-0.2, 0) is 9.47 Å². The minimum absolute atomic E-state index is 0.384. The number of rotatable bonds is 13. The first-order valence-electron chi connectivity index (χ1n) is 6.85. The number of aliphatic hydroxyl groups excluding tert-OH is 1. The molecule has 0 saturated carbocycles. The van der Waals surface area contributed by atoms with E-state index in [1.54, 1.807) is 0 Å². The molecule has 1 atom stereocenters. The van der Waals surface area contributed by atoms with Crippen LogP contribution in [-0.4, -0.2) is 50.7 Å². The minimum Gasteiger partial charge on any atom is -0.389 e. The van der Waals surface area contributed by atoms with Crippen LogP contribution >= 0.6 is 0 Å². The van der Waals surface area contributed by atoms with Crippen molar-refractivity contribution in [2.24, 2.45) is 0 Å². The van der Waals surface area contributed by atoms with Crippen LogP contribution in [0.25, 0.3) is 0 Å². The van der Waals surface area contributed by atoms with E-state index in [-0.39, 0.29) is 0 Å². The van der Waals surface area contributed by atoms with Crippen molar-refractivity contribution in [1.29, 1.82) is 0 Å². The molecule has 17 heavy (non-hydrogen) atoms. The van der Waals surface area contributed by atoms with Crippen LogP contribution in [0.2, 0.25) is 0 Å². The van der Waals surface area contributed by atoms with Gasteiger partial charge in [0, 0.05) is 13.2 Å². The predicted molar refractivity (Wildman–Crippen MR) is 70.3 cm³/mol. The summed E-state index contributed by atoms with van der Waals surface area (Å²) in [6.45, 7) is 8.01. The van der Waals surface area contributed by atoms with Gasteiger partial charge in [-0.25, -0.2) is 0 Å². The molecular weight excluding hydrogens is 218 g/mol. The average Bonchev–Trinajstić information content (AvgIpc) is 2.33. The Morgan fingerprint density at radius 3 is 2.53 bits per heavy atom. The Morgan fingerprint density at radius 1 is 1.06 bits per heavy atom. The van der Waals surface area contributed by atoms with E-state index in [0.717, 1.165) is 6.54 Å². The maximum Gasteiger partial charge on any atom is 0.0897 e. The summed E-state index contributed by atoms with van der Waals surface area (Å²) in [6.07, 6.45) is 4.60. The molecule has 0 aliphatic carbocycles. The van der Waals surface area contributed by atoms with E-state index in [2.05, 4.69) is 12.2 Å². The molecule has 0 amide bonds. The summed E-state index contributed by atoms with van der Waals surface area (Å²) in [6, 6.07) is 0. The van der Waals surface area contributed by atoms with Crippen molar-refractivity contribution in [1.82, 2.24) is 5.32 Å². The molecule has 0 aliphatic rings. The molecule has 0 bridgehead atoms. The first kappa shape index (κ1) is 16.8. The molecule has 0 fully saturated rings. The summed E-state index contributed by atoms with van der Waals surface area (Å²) in [5.41, 5.74) is 0. The van der Waals surface area contributed by atoms with E-state index in [0.29, 0.717) is 33.0 Å². The molecular formula is C13H29NO3. The van der Waals surface area contributed by atoms with Crippen LogP contribution < -0.4 is 5.32 Å². The van der Waals surface area contributed by atoms with Gasteiger partial charge in [-0.3, -0.25) is 0 Å². The third-order valence-corrected chi connectivity index (χ3v) is 2.47. The summed E-state index contributed by atoms with van der Waals surface area (Å²) in [5, 5.41) is 12.8. The Labute approximate surface area is 106 Å². The lowest BCUT2D eigenvalue weighted by Gasteiger charge is -2.12. The van der Waals surface area contributed by atoms with Gasteiger partial charge in [-0.05, 0) is 19.9 Å². The first-order chi connectivity index (χ1) is 8.31. The lowest BCUT2D eigenvalue weighted by atomic mass is 10.2. The Morgan fingerprint density at radius 2 is 1.82 bits per heavy atom. The molecule has 0 saturated heterocycles. The maximum absolute atomic E-state index is 9.58. The minimum atomic E-state index is -0.414. The molecule has 0 aromatic heterocycles. The van der Waals surface area contributed by atoms with E-state index < -0.39 is 6.10 Å². The number of hydrogen-bond donors (Lipinski definition) is 2. The zero-order valence-electron chi connectivity index (χ0n) is 11.4. The third kappa shape index (κ3) is 13.8. The number of aliphatic hydroxyl groups is 1. The fourth-order valence-corrected chi connectivity index (χ4v) is 1.49. The molecule has 2 N–H and O–H groups in total. The summed E-state index contributed by atoms with van der Waals surface area (Å²) >= 11 is 0. The molecule has 0 aliphatic heterocycles. The van der Waals surface area contributed by atoms with Gasteiger partial charge in [0.1, 0.15) is 0 Å². The van der Waals surface area contributed by atoms with Gasteiger partial charge in [0.05, 0.1) is 25.9 Å². The fourth-order valence-electron chi connectivity index (χ4n) is 1.49. The highest BCUT2D eigenvalue weighted by Gasteiger charge is 2.02. The van der Waals surface area contributed by atoms with Crippen molar-refractivity contribution in [3.63, 3.8) is 0 Å². The third-order valence-electron chi connectivity index (χ3n) is 2.47. The second kappa shape index (κ2) is 13.9. The lowest BCUT2D eigenvalue weighted by molar-refractivity contribution is 0.00655. The predicted octanol–water partition coefficient (Wildman–Crippen LogP) is 1.57. The number of hydrogen-bond acceptors (Lipinski definition) is 4. The van der Waals surface area contributed by atoms with Crippen LogP contribution in [0.1, 0.15) is 39.5 Å². The normalized spacial score (nSPS) is 12.9. The van der Waals surface area contributed by atoms with Crippen LogP contribution in [0.15, 0.2) is 0 Å². The highest BCUT2D eigenvalue weighted by atomic mass is 16.5. The summed E-state index contributed by atoms with van der Waals surface area (Å²) in [7, 11) is 0. The van der Waals surface area contributed by atoms with E-state index in [1.807, 2.05) is 6.92 Å². The quantitative estimate of drug-likeness (QED) is 0.485. The molecule has 0 aromatic rings. The Bertz CT molecular complexity index is 145. The highest BCUT2D eigenvalue weighted by Crippen LogP contribution is 1.97. The number of nitrogens with one attached hydrogen (secondary N) is 1. The molecule has 0 unspecified atom stereocenters. The van der Waals surface area contributed by atoms with Crippen molar-refractivity contribution in [2.45, 2.75) is 45.6 Å². The van der Waals surface area contributed by atoms with Gasteiger partial charge in [-0.2, -0.15) is 0 Å². The van der Waals surface area contributed by atoms with Crippen LogP contribution in [0, 0.1) is 0 Å². The Balaban J connectivity index is 3.09. The van der Waals surface area contributed by atoms with Crippen LogP contribution in [0.5, 0.6) is 0 Å². The van der Waals surface area contributed by atoms with Crippen molar-refractivity contribution >= 4 is 0 Å². The Hall–Kier alpha value is -0.160. The molecule has 0 spiro atoms. The Kier molecular flexibility index (Phi) is 13.8. The smallest absolute Gasteiger partial charge is 0.0897 e. The molecule has 4 nitrogen and oxygen atoms in total. The molecule has 0 rings (SSSR count). The van der Waals surface area contributed by atoms with E-state index in [9.17, 15) is 5.11 Å². The summed E-state index contributed by atoms with van der Waals surface area (Å²) in [5.74, 6) is 0. The van der Waals surface area contributed by atoms with Gasteiger partial charge in [0.15, 0.2) is 0 Å². The van der Waals surface area contributed by atoms with Gasteiger partial charge < -0.3 is 19.9 Å². The molecule has 0 heterocycles. The second-order valence-electron chi connectivity index (χ2n) is 4.19. The molecule has 0 radical (unpaired) electrons. The second-order valence-corrected chi connectivity index (χ2v) is 4.19. The van der Waals surface area contributed by atoms with E-state index in [1.165, 1.54) is 25.7 Å². The van der Waals surface area contributed by atoms with Gasteiger partial charge in [-0.15, -0.1) is 0 Å². The zero-order valence-corrected chi connectivity index (χ0v) is 11.4. The first-order valence-corrected chi connectivity index (χ1v) is 6.85. The van der Waals surface area contributed by atoms with Crippen LogP contribution in [0.3, 0.4) is 0 Å². The largest absolute Gasteiger partial charge is 0.389 e.